The number of thiophene rings is 1. The third-order valence-corrected chi connectivity index (χ3v) is 13.8. The molecule has 3 saturated carbocycles. The average molecular weight is 620 g/mol. The molecule has 7 nitrogen and oxygen atoms in total. The summed E-state index contributed by atoms with van der Waals surface area (Å²) in [6.45, 7) is 7.34. The van der Waals surface area contributed by atoms with Gasteiger partial charge in [-0.1, -0.05) is 38.1 Å². The van der Waals surface area contributed by atoms with Crippen molar-refractivity contribution in [1.82, 2.24) is 4.90 Å². The number of aliphatic hydroxyl groups is 2. The van der Waals surface area contributed by atoms with Gasteiger partial charge in [0.1, 0.15) is 0 Å². The number of rotatable bonds is 8. The maximum Gasteiger partial charge on any atom is 0.409 e. The Labute approximate surface area is 264 Å². The van der Waals surface area contributed by atoms with E-state index in [-0.39, 0.29) is 41.6 Å². The summed E-state index contributed by atoms with van der Waals surface area (Å²) in [5.41, 5.74) is -1.96. The lowest BCUT2D eigenvalue weighted by Gasteiger charge is -2.71. The van der Waals surface area contributed by atoms with Crippen LogP contribution in [0.25, 0.3) is 0 Å². The summed E-state index contributed by atoms with van der Waals surface area (Å²) in [7, 11) is 0. The van der Waals surface area contributed by atoms with Crippen molar-refractivity contribution in [3.63, 3.8) is 0 Å². The van der Waals surface area contributed by atoms with Crippen LogP contribution in [0.3, 0.4) is 0 Å². The summed E-state index contributed by atoms with van der Waals surface area (Å²) < 4.78 is 11.2. The zero-order chi connectivity index (χ0) is 31.0. The second-order valence-corrected chi connectivity index (χ2v) is 15.6. The SMILES string of the molecule is CCOC(=O)N(CCc1cccs1)CC1(O)CCC2C34C=CC5(C=C3C(=O)c3ccco3)CC(O)CCC5(C)C4CCC21C. The first-order valence-corrected chi connectivity index (χ1v) is 17.3. The predicted octanol–water partition coefficient (Wildman–Crippen LogP) is 6.82. The summed E-state index contributed by atoms with van der Waals surface area (Å²) in [6.07, 6.45) is 13.5. The highest BCUT2D eigenvalue weighted by molar-refractivity contribution is 7.09. The Morgan fingerprint density at radius 3 is 2.57 bits per heavy atom. The zero-order valence-corrected chi connectivity index (χ0v) is 26.9. The number of amides is 1. The molecule has 2 spiro atoms. The highest BCUT2D eigenvalue weighted by Gasteiger charge is 2.74. The van der Waals surface area contributed by atoms with Gasteiger partial charge in [0.15, 0.2) is 5.76 Å². The molecule has 0 aromatic carbocycles. The molecule has 2 heterocycles. The number of allylic oxidation sites excluding steroid dienone is 4. The Morgan fingerprint density at radius 2 is 1.84 bits per heavy atom. The van der Waals surface area contributed by atoms with Crippen LogP contribution in [0.4, 0.5) is 4.79 Å². The highest BCUT2D eigenvalue weighted by Crippen LogP contribution is 2.78. The second kappa shape index (κ2) is 10.4. The monoisotopic (exact) mass is 619 g/mol. The van der Waals surface area contributed by atoms with E-state index in [1.54, 1.807) is 34.6 Å². The van der Waals surface area contributed by atoms with Gasteiger partial charge in [0.25, 0.3) is 0 Å². The lowest BCUT2D eigenvalue weighted by molar-refractivity contribution is -0.175. The lowest BCUT2D eigenvalue weighted by atomic mass is 9.32. The van der Waals surface area contributed by atoms with Gasteiger partial charge >= 0.3 is 6.09 Å². The number of ketones is 1. The average Bonchev–Trinajstić information content (AvgIpc) is 3.77. The van der Waals surface area contributed by atoms with E-state index in [1.165, 1.54) is 4.88 Å². The Bertz CT molecular complexity index is 1480. The molecule has 8 rings (SSSR count). The number of hydrogen-bond acceptors (Lipinski definition) is 7. The number of fused-ring (bicyclic) bond motifs is 1. The summed E-state index contributed by atoms with van der Waals surface area (Å²) in [6, 6.07) is 7.59. The van der Waals surface area contributed by atoms with Crippen LogP contribution < -0.4 is 0 Å². The molecule has 2 N–H and O–H groups in total. The Kier molecular flexibility index (Phi) is 7.11. The van der Waals surface area contributed by atoms with Crippen LogP contribution in [-0.2, 0) is 11.2 Å². The summed E-state index contributed by atoms with van der Waals surface area (Å²) in [5.74, 6) is 0.451. The Balaban J connectivity index is 1.28. The minimum atomic E-state index is -1.14. The predicted molar refractivity (Wildman–Crippen MR) is 168 cm³/mol. The number of ether oxygens (including phenoxy) is 1. The highest BCUT2D eigenvalue weighted by atomic mass is 32.1. The number of furan rings is 1. The molecule has 0 aliphatic heterocycles. The maximum absolute atomic E-state index is 14.4. The van der Waals surface area contributed by atoms with Crippen molar-refractivity contribution in [1.29, 1.82) is 0 Å². The molecule has 6 aliphatic rings. The van der Waals surface area contributed by atoms with Gasteiger partial charge in [-0.15, -0.1) is 11.3 Å². The van der Waals surface area contributed by atoms with Crippen molar-refractivity contribution >= 4 is 23.2 Å². The summed E-state index contributed by atoms with van der Waals surface area (Å²) in [4.78, 5) is 30.5. The van der Waals surface area contributed by atoms with E-state index >= 15 is 0 Å². The molecule has 0 saturated heterocycles. The molecule has 8 heteroatoms. The van der Waals surface area contributed by atoms with Gasteiger partial charge in [-0.3, -0.25) is 4.79 Å². The summed E-state index contributed by atoms with van der Waals surface area (Å²) >= 11 is 1.67. The van der Waals surface area contributed by atoms with E-state index in [2.05, 4.69) is 38.1 Å². The number of carbonyl (C=O) groups excluding carboxylic acids is 2. The van der Waals surface area contributed by atoms with Gasteiger partial charge in [-0.05, 0) is 99.1 Å². The van der Waals surface area contributed by atoms with Crippen molar-refractivity contribution in [2.24, 2.45) is 33.5 Å². The zero-order valence-electron chi connectivity index (χ0n) is 26.1. The first-order chi connectivity index (χ1) is 21.0. The van der Waals surface area contributed by atoms with E-state index in [0.717, 1.165) is 37.7 Å². The molecule has 3 fully saturated rings. The fourth-order valence-corrected chi connectivity index (χ4v) is 11.3. The van der Waals surface area contributed by atoms with E-state index in [0.29, 0.717) is 31.6 Å². The van der Waals surface area contributed by atoms with Crippen LogP contribution in [0.1, 0.15) is 81.1 Å². The number of nitrogens with zero attached hydrogens (tertiary/aromatic N) is 1. The third-order valence-electron chi connectivity index (χ3n) is 12.9. The molecule has 8 atom stereocenters. The molecule has 2 aromatic heterocycles. The van der Waals surface area contributed by atoms with Crippen LogP contribution >= 0.6 is 11.3 Å². The van der Waals surface area contributed by atoms with Gasteiger partial charge in [0.05, 0.1) is 31.1 Å². The van der Waals surface area contributed by atoms with Crippen molar-refractivity contribution in [2.75, 3.05) is 19.7 Å². The van der Waals surface area contributed by atoms with Crippen LogP contribution in [0.15, 0.2) is 64.1 Å². The maximum atomic E-state index is 14.4. The molecule has 2 bridgehead atoms. The van der Waals surface area contributed by atoms with Crippen molar-refractivity contribution in [3.05, 3.63) is 70.3 Å². The molecule has 0 radical (unpaired) electrons. The fourth-order valence-electron chi connectivity index (χ4n) is 10.6. The van der Waals surface area contributed by atoms with Crippen LogP contribution in [-0.4, -0.2) is 58.4 Å². The molecule has 44 heavy (non-hydrogen) atoms. The Hall–Kier alpha value is -2.68. The quantitative estimate of drug-likeness (QED) is 0.249. The first kappa shape index (κ1) is 30.0. The number of carbonyl (C=O) groups is 2. The van der Waals surface area contributed by atoms with Gasteiger partial charge < -0.3 is 24.3 Å². The van der Waals surface area contributed by atoms with Crippen LogP contribution in [0.2, 0.25) is 0 Å². The van der Waals surface area contributed by atoms with Gasteiger partial charge in [-0.25, -0.2) is 4.79 Å². The largest absolute Gasteiger partial charge is 0.461 e. The van der Waals surface area contributed by atoms with Crippen molar-refractivity contribution in [3.8, 4) is 0 Å². The molecular formula is C36H45NO6S. The lowest BCUT2D eigenvalue weighted by Crippen LogP contribution is -2.67. The van der Waals surface area contributed by atoms with E-state index < -0.39 is 28.6 Å². The van der Waals surface area contributed by atoms with E-state index in [1.807, 2.05) is 18.4 Å². The van der Waals surface area contributed by atoms with Crippen molar-refractivity contribution < 1.29 is 29.0 Å². The smallest absolute Gasteiger partial charge is 0.409 e. The molecule has 6 aliphatic carbocycles. The normalized spacial score (nSPS) is 40.1. The molecular weight excluding hydrogens is 574 g/mol. The number of Topliss-reactive ketones (excluding diaryl/α,β-unsaturated/α-hetero) is 1. The molecule has 236 valence electrons. The molecule has 8 unspecified atom stereocenters. The van der Waals surface area contributed by atoms with Gasteiger partial charge in [0.2, 0.25) is 5.78 Å². The van der Waals surface area contributed by atoms with Crippen LogP contribution in [0, 0.1) is 33.5 Å². The fraction of sp³-hybridized carbons (Fsp3) is 0.611. The standard InChI is InChI=1S/C36H45NO6S/c1-4-42-31(40)37(18-12-25-7-6-20-44-25)23-35(41)15-11-29-33(35,3)14-10-28-32(2)13-9-24(38)21-34(32)16-17-36(28,29)26(22-34)30(39)27-8-5-19-43-27/h5-8,16-17,19-20,22,24,28-29,38,41H,4,9-15,18,21,23H2,1-3H3. The third kappa shape index (κ3) is 4.06. The topological polar surface area (TPSA) is 100 Å². The van der Waals surface area contributed by atoms with Crippen LogP contribution in [0.5, 0.6) is 0 Å². The van der Waals surface area contributed by atoms with E-state index in [9.17, 15) is 19.8 Å². The minimum absolute atomic E-state index is 0.00322. The first-order valence-electron chi connectivity index (χ1n) is 16.4. The second-order valence-electron chi connectivity index (χ2n) is 14.6. The van der Waals surface area contributed by atoms with Gasteiger partial charge in [0, 0.05) is 33.2 Å². The minimum Gasteiger partial charge on any atom is -0.461 e. The number of aliphatic hydroxyl groups excluding tert-OH is 1. The number of hydrogen-bond donors (Lipinski definition) is 2. The van der Waals surface area contributed by atoms with Crippen molar-refractivity contribution in [2.45, 2.75) is 83.8 Å². The molecule has 1 amide bonds. The summed E-state index contributed by atoms with van der Waals surface area (Å²) in [5, 5.41) is 25.6. The Morgan fingerprint density at radius 1 is 1.07 bits per heavy atom. The van der Waals surface area contributed by atoms with E-state index in [4.69, 9.17) is 9.15 Å². The molecule has 2 aromatic rings. The van der Waals surface area contributed by atoms with Gasteiger partial charge in [-0.2, -0.15) is 0 Å².